The second-order valence-corrected chi connectivity index (χ2v) is 6.18. The first kappa shape index (κ1) is 14.6. The van der Waals surface area contributed by atoms with Gasteiger partial charge in [-0.3, -0.25) is 4.90 Å². The number of nitrogens with one attached hydrogen (secondary N) is 1. The predicted molar refractivity (Wildman–Crippen MR) is 84.3 cm³/mol. The molecule has 1 aromatic heterocycles. The molecule has 0 saturated carbocycles. The molecule has 1 aliphatic rings. The van der Waals surface area contributed by atoms with Gasteiger partial charge in [0.1, 0.15) is 6.26 Å². The van der Waals surface area contributed by atoms with E-state index < -0.39 is 0 Å². The summed E-state index contributed by atoms with van der Waals surface area (Å²) in [6, 6.07) is 8.57. The number of aromatic nitrogens is 1. The van der Waals surface area contributed by atoms with Gasteiger partial charge in [-0.1, -0.05) is 11.6 Å². The highest BCUT2D eigenvalue weighted by Gasteiger charge is 2.23. The summed E-state index contributed by atoms with van der Waals surface area (Å²) in [6.45, 7) is 7.32. The molecule has 4 nitrogen and oxygen atoms in total. The third-order valence-electron chi connectivity index (χ3n) is 3.90. The van der Waals surface area contributed by atoms with Crippen LogP contribution < -0.4 is 5.32 Å². The van der Waals surface area contributed by atoms with Crippen molar-refractivity contribution in [2.45, 2.75) is 32.5 Å². The Balaban J connectivity index is 1.71. The Morgan fingerprint density at radius 3 is 2.86 bits per heavy atom. The standard InChI is InChI=1S/C16H20ClN3O/c1-11-8-20(12(2)7-18-11)9-15-10-21-16(19-15)13-3-5-14(17)6-4-13/h3-6,10-12,18H,7-9H2,1-2H3. The van der Waals surface area contributed by atoms with Gasteiger partial charge in [0, 0.05) is 42.3 Å². The van der Waals surface area contributed by atoms with E-state index in [0.29, 0.717) is 23.0 Å². The van der Waals surface area contributed by atoms with Gasteiger partial charge in [-0.2, -0.15) is 0 Å². The Morgan fingerprint density at radius 1 is 1.33 bits per heavy atom. The summed E-state index contributed by atoms with van der Waals surface area (Å²) in [5.41, 5.74) is 1.92. The largest absolute Gasteiger partial charge is 0.444 e. The van der Waals surface area contributed by atoms with Crippen molar-refractivity contribution in [1.82, 2.24) is 15.2 Å². The molecule has 0 radical (unpaired) electrons. The quantitative estimate of drug-likeness (QED) is 0.945. The van der Waals surface area contributed by atoms with E-state index in [0.717, 1.165) is 30.9 Å². The number of rotatable bonds is 3. The van der Waals surface area contributed by atoms with Crippen molar-refractivity contribution >= 4 is 11.6 Å². The summed E-state index contributed by atoms with van der Waals surface area (Å²) in [5, 5.41) is 4.20. The zero-order valence-corrected chi connectivity index (χ0v) is 13.1. The Hall–Kier alpha value is -1.36. The number of hydrogen-bond donors (Lipinski definition) is 1. The number of oxazole rings is 1. The van der Waals surface area contributed by atoms with Crippen LogP contribution in [0.4, 0.5) is 0 Å². The maximum absolute atomic E-state index is 5.90. The lowest BCUT2D eigenvalue weighted by atomic mass is 10.1. The van der Waals surface area contributed by atoms with Gasteiger partial charge in [0.05, 0.1) is 5.69 Å². The number of hydrogen-bond acceptors (Lipinski definition) is 4. The average molecular weight is 306 g/mol. The van der Waals surface area contributed by atoms with Gasteiger partial charge in [-0.25, -0.2) is 4.98 Å². The highest BCUT2D eigenvalue weighted by atomic mass is 35.5. The number of halogens is 1. The fourth-order valence-electron chi connectivity index (χ4n) is 2.63. The van der Waals surface area contributed by atoms with Crippen LogP contribution in [0.2, 0.25) is 5.02 Å². The molecule has 5 heteroatoms. The molecule has 2 aromatic rings. The van der Waals surface area contributed by atoms with Crippen LogP contribution in [0.3, 0.4) is 0 Å². The van der Waals surface area contributed by atoms with Crippen molar-refractivity contribution in [2.24, 2.45) is 0 Å². The summed E-state index contributed by atoms with van der Waals surface area (Å²) in [7, 11) is 0. The topological polar surface area (TPSA) is 41.3 Å². The first-order valence-electron chi connectivity index (χ1n) is 7.29. The minimum absolute atomic E-state index is 0.511. The molecular weight excluding hydrogens is 286 g/mol. The number of benzene rings is 1. The molecule has 112 valence electrons. The van der Waals surface area contributed by atoms with E-state index >= 15 is 0 Å². The maximum Gasteiger partial charge on any atom is 0.226 e. The van der Waals surface area contributed by atoms with E-state index in [-0.39, 0.29) is 0 Å². The molecule has 1 N–H and O–H groups in total. The van der Waals surface area contributed by atoms with E-state index in [1.54, 1.807) is 6.26 Å². The van der Waals surface area contributed by atoms with Crippen LogP contribution in [0, 0.1) is 0 Å². The zero-order valence-electron chi connectivity index (χ0n) is 12.3. The highest BCUT2D eigenvalue weighted by Crippen LogP contribution is 2.22. The molecule has 2 atom stereocenters. The molecule has 0 aliphatic carbocycles. The fraction of sp³-hybridized carbons (Fsp3) is 0.438. The van der Waals surface area contributed by atoms with E-state index in [1.165, 1.54) is 0 Å². The summed E-state index contributed by atoms with van der Waals surface area (Å²) in [5.74, 6) is 0.650. The normalized spacial score (nSPS) is 23.4. The lowest BCUT2D eigenvalue weighted by Gasteiger charge is -2.36. The summed E-state index contributed by atoms with van der Waals surface area (Å²) in [6.07, 6.45) is 1.75. The van der Waals surface area contributed by atoms with Crippen LogP contribution >= 0.6 is 11.6 Å². The molecule has 3 rings (SSSR count). The second-order valence-electron chi connectivity index (χ2n) is 5.74. The van der Waals surface area contributed by atoms with Crippen molar-refractivity contribution in [1.29, 1.82) is 0 Å². The van der Waals surface area contributed by atoms with E-state index in [9.17, 15) is 0 Å². The van der Waals surface area contributed by atoms with Gasteiger partial charge in [0.25, 0.3) is 0 Å². The molecule has 1 aromatic carbocycles. The maximum atomic E-state index is 5.90. The molecule has 1 fully saturated rings. The Labute approximate surface area is 130 Å². The third-order valence-corrected chi connectivity index (χ3v) is 4.15. The average Bonchev–Trinajstić information content (AvgIpc) is 2.92. The molecule has 0 amide bonds. The molecule has 0 spiro atoms. The lowest BCUT2D eigenvalue weighted by Crippen LogP contribution is -2.53. The van der Waals surface area contributed by atoms with Crippen LogP contribution in [0.5, 0.6) is 0 Å². The zero-order chi connectivity index (χ0) is 14.8. The van der Waals surface area contributed by atoms with Gasteiger partial charge in [0.15, 0.2) is 0 Å². The van der Waals surface area contributed by atoms with Crippen molar-refractivity contribution in [2.75, 3.05) is 13.1 Å². The number of piperazine rings is 1. The van der Waals surface area contributed by atoms with E-state index in [2.05, 4.69) is 29.0 Å². The van der Waals surface area contributed by atoms with Gasteiger partial charge in [0.2, 0.25) is 5.89 Å². The Kier molecular flexibility index (Phi) is 4.29. The Morgan fingerprint density at radius 2 is 2.10 bits per heavy atom. The van der Waals surface area contributed by atoms with Gasteiger partial charge in [-0.05, 0) is 38.1 Å². The summed E-state index contributed by atoms with van der Waals surface area (Å²) >= 11 is 5.90. The fourth-order valence-corrected chi connectivity index (χ4v) is 2.76. The minimum atomic E-state index is 0.511. The van der Waals surface area contributed by atoms with E-state index in [1.807, 2.05) is 24.3 Å². The molecule has 21 heavy (non-hydrogen) atoms. The lowest BCUT2D eigenvalue weighted by molar-refractivity contribution is 0.137. The molecule has 2 heterocycles. The van der Waals surface area contributed by atoms with Crippen molar-refractivity contribution in [3.8, 4) is 11.5 Å². The van der Waals surface area contributed by atoms with Crippen LogP contribution in [-0.4, -0.2) is 35.1 Å². The molecule has 0 bridgehead atoms. The van der Waals surface area contributed by atoms with Gasteiger partial charge >= 0.3 is 0 Å². The first-order valence-corrected chi connectivity index (χ1v) is 7.67. The molecule has 1 saturated heterocycles. The minimum Gasteiger partial charge on any atom is -0.444 e. The summed E-state index contributed by atoms with van der Waals surface area (Å²) in [4.78, 5) is 7.03. The van der Waals surface area contributed by atoms with Crippen molar-refractivity contribution in [3.63, 3.8) is 0 Å². The third kappa shape index (κ3) is 3.46. The molecular formula is C16H20ClN3O. The van der Waals surface area contributed by atoms with E-state index in [4.69, 9.17) is 16.0 Å². The monoisotopic (exact) mass is 305 g/mol. The molecule has 2 unspecified atom stereocenters. The van der Waals surface area contributed by atoms with Crippen molar-refractivity contribution in [3.05, 3.63) is 41.2 Å². The summed E-state index contributed by atoms with van der Waals surface area (Å²) < 4.78 is 5.60. The van der Waals surface area contributed by atoms with Crippen LogP contribution in [-0.2, 0) is 6.54 Å². The Bertz CT molecular complexity index is 596. The smallest absolute Gasteiger partial charge is 0.226 e. The first-order chi connectivity index (χ1) is 10.1. The predicted octanol–water partition coefficient (Wildman–Crippen LogP) is 3.18. The van der Waals surface area contributed by atoms with Crippen LogP contribution in [0.1, 0.15) is 19.5 Å². The highest BCUT2D eigenvalue weighted by molar-refractivity contribution is 6.30. The van der Waals surface area contributed by atoms with Crippen molar-refractivity contribution < 1.29 is 4.42 Å². The van der Waals surface area contributed by atoms with Gasteiger partial charge in [-0.15, -0.1) is 0 Å². The second kappa shape index (κ2) is 6.18. The number of nitrogens with zero attached hydrogens (tertiary/aromatic N) is 2. The SMILES string of the molecule is CC1CN(Cc2coc(-c3ccc(Cl)cc3)n2)C(C)CN1. The van der Waals surface area contributed by atoms with Crippen LogP contribution in [0.15, 0.2) is 34.9 Å². The van der Waals surface area contributed by atoms with Gasteiger partial charge < -0.3 is 9.73 Å². The van der Waals surface area contributed by atoms with Crippen LogP contribution in [0.25, 0.3) is 11.5 Å². The molecule has 1 aliphatic heterocycles.